The van der Waals surface area contributed by atoms with Crippen LogP contribution in [-0.2, 0) is 0 Å². The first kappa shape index (κ1) is 23.1. The molecule has 7 nitrogen and oxygen atoms in total. The van der Waals surface area contributed by atoms with Gasteiger partial charge in [0.15, 0.2) is 5.82 Å². The molecule has 2 N–H and O–H groups in total. The lowest BCUT2D eigenvalue weighted by Gasteiger charge is -2.13. The van der Waals surface area contributed by atoms with Gasteiger partial charge < -0.3 is 9.72 Å². The summed E-state index contributed by atoms with van der Waals surface area (Å²) in [7, 11) is 0. The molecule has 4 rings (SSSR count). The molecule has 0 spiro atoms. The van der Waals surface area contributed by atoms with Crippen LogP contribution in [-0.4, -0.2) is 38.4 Å². The summed E-state index contributed by atoms with van der Waals surface area (Å²) in [6.45, 7) is 1.78. The fraction of sp³-hybridized carbons (Fsp3) is 0.217. The number of alkyl halides is 3. The van der Waals surface area contributed by atoms with Crippen LogP contribution >= 0.6 is 0 Å². The Balaban J connectivity index is 1.69. The first-order chi connectivity index (χ1) is 16.2. The van der Waals surface area contributed by atoms with E-state index in [0.29, 0.717) is 16.9 Å². The van der Waals surface area contributed by atoms with Crippen molar-refractivity contribution in [3.8, 4) is 39.5 Å². The minimum Gasteiger partial charge on any atom is -0.494 e. The van der Waals surface area contributed by atoms with Gasteiger partial charge in [-0.05, 0) is 48.4 Å². The Bertz CT molecular complexity index is 1320. The number of nitrogens with one attached hydrogen (secondary N) is 2. The van der Waals surface area contributed by atoms with Crippen LogP contribution in [0.4, 0.5) is 17.6 Å². The Hall–Kier alpha value is -4.02. The summed E-state index contributed by atoms with van der Waals surface area (Å²) in [5.41, 5.74) is 1.06. The van der Waals surface area contributed by atoms with Gasteiger partial charge in [-0.2, -0.15) is 18.4 Å². The molecule has 0 fully saturated rings. The monoisotopic (exact) mass is 473 g/mol. The molecule has 176 valence electrons. The van der Waals surface area contributed by atoms with E-state index in [2.05, 4.69) is 25.6 Å². The molecule has 0 amide bonds. The van der Waals surface area contributed by atoms with Crippen LogP contribution in [0.25, 0.3) is 33.8 Å². The number of aromatic amines is 2. The maximum Gasteiger partial charge on any atom is 0.389 e. The minimum atomic E-state index is -4.24. The number of H-pyrrole nitrogens is 2. The van der Waals surface area contributed by atoms with E-state index in [1.807, 2.05) is 6.92 Å². The van der Waals surface area contributed by atoms with Gasteiger partial charge in [-0.3, -0.25) is 4.79 Å². The maximum atomic E-state index is 15.8. The molecule has 0 saturated heterocycles. The molecule has 2 aromatic heterocycles. The molecular formula is C23H19F4N5O2. The van der Waals surface area contributed by atoms with Gasteiger partial charge >= 0.3 is 6.18 Å². The highest BCUT2D eigenvalue weighted by Crippen LogP contribution is 2.34. The van der Waals surface area contributed by atoms with Gasteiger partial charge in [0.1, 0.15) is 5.75 Å². The van der Waals surface area contributed by atoms with Crippen molar-refractivity contribution in [3.05, 3.63) is 70.3 Å². The number of rotatable bonds is 7. The van der Waals surface area contributed by atoms with Gasteiger partial charge in [0.2, 0.25) is 5.82 Å². The van der Waals surface area contributed by atoms with Crippen LogP contribution in [0.5, 0.6) is 5.75 Å². The highest BCUT2D eigenvalue weighted by molar-refractivity contribution is 5.83. The molecule has 11 heteroatoms. The predicted octanol–water partition coefficient (Wildman–Crippen LogP) is 5.06. The first-order valence-corrected chi connectivity index (χ1v) is 10.3. The van der Waals surface area contributed by atoms with E-state index in [4.69, 9.17) is 4.74 Å². The van der Waals surface area contributed by atoms with E-state index in [0.717, 1.165) is 5.56 Å². The molecule has 0 aliphatic heterocycles. The highest BCUT2D eigenvalue weighted by atomic mass is 19.4. The van der Waals surface area contributed by atoms with E-state index in [1.165, 1.54) is 24.3 Å². The van der Waals surface area contributed by atoms with Crippen molar-refractivity contribution in [2.75, 3.05) is 6.61 Å². The molecule has 0 aliphatic carbocycles. The average Bonchev–Trinajstić information content (AvgIpc) is 3.33. The number of ether oxygens (including phenoxy) is 1. The number of tetrazole rings is 1. The molecule has 4 aromatic rings. The third-order valence-corrected chi connectivity index (χ3v) is 5.08. The summed E-state index contributed by atoms with van der Waals surface area (Å²) in [6, 6.07) is 13.0. The van der Waals surface area contributed by atoms with E-state index in [-0.39, 0.29) is 35.7 Å². The smallest absolute Gasteiger partial charge is 0.389 e. The van der Waals surface area contributed by atoms with Crippen molar-refractivity contribution in [1.29, 1.82) is 0 Å². The summed E-state index contributed by atoms with van der Waals surface area (Å²) >= 11 is 0. The van der Waals surface area contributed by atoms with Crippen LogP contribution in [0.2, 0.25) is 0 Å². The molecular weight excluding hydrogens is 454 g/mol. The molecule has 0 bridgehead atoms. The average molecular weight is 473 g/mol. The van der Waals surface area contributed by atoms with Gasteiger partial charge in [0.25, 0.3) is 5.56 Å². The highest BCUT2D eigenvalue weighted by Gasteiger charge is 2.26. The maximum absolute atomic E-state index is 15.8. The molecule has 0 saturated carbocycles. The van der Waals surface area contributed by atoms with Crippen molar-refractivity contribution in [1.82, 2.24) is 25.6 Å². The summed E-state index contributed by atoms with van der Waals surface area (Å²) in [5.74, 6) is -0.414. The van der Waals surface area contributed by atoms with Gasteiger partial charge in [0.05, 0.1) is 17.9 Å². The van der Waals surface area contributed by atoms with Gasteiger partial charge in [-0.25, -0.2) is 4.39 Å². The Morgan fingerprint density at radius 3 is 2.26 bits per heavy atom. The molecule has 0 atom stereocenters. The number of nitrogens with zero attached hydrogens (tertiary/aromatic N) is 3. The summed E-state index contributed by atoms with van der Waals surface area (Å²) in [4.78, 5) is 15.5. The van der Waals surface area contributed by atoms with Crippen molar-refractivity contribution < 1.29 is 22.3 Å². The zero-order chi connectivity index (χ0) is 24.3. The quantitative estimate of drug-likeness (QED) is 0.289. The topological polar surface area (TPSA) is 96.5 Å². The number of benzene rings is 2. The fourth-order valence-electron chi connectivity index (χ4n) is 3.43. The second-order valence-electron chi connectivity index (χ2n) is 7.59. The standard InChI is InChI=1S/C23H19F4N5O2/c1-13-3-5-14(6-4-13)17-18(21-29-31-32-30-21)22(33)28-20(19(17)24)15-7-9-16(10-8-15)34-12-2-11-23(25,26)27/h3-10H,2,11-12H2,1H3,(H,28,33)(H,29,30,31,32). The Morgan fingerprint density at radius 1 is 0.971 bits per heavy atom. The SMILES string of the molecule is Cc1ccc(-c2c(F)c(-c3ccc(OCCCC(F)(F)F)cc3)[nH]c(=O)c2-c2nn[nH]n2)cc1. The van der Waals surface area contributed by atoms with Crippen LogP contribution in [0, 0.1) is 12.7 Å². The molecule has 0 unspecified atom stereocenters. The minimum absolute atomic E-state index is 0.0210. The van der Waals surface area contributed by atoms with Gasteiger partial charge in [-0.15, -0.1) is 10.2 Å². The van der Waals surface area contributed by atoms with Crippen molar-refractivity contribution in [2.24, 2.45) is 0 Å². The Kier molecular flexibility index (Phi) is 6.44. The zero-order valence-electron chi connectivity index (χ0n) is 17.9. The number of aromatic nitrogens is 5. The third kappa shape index (κ3) is 5.13. The summed E-state index contributed by atoms with van der Waals surface area (Å²) in [6.07, 6.45) is -5.35. The van der Waals surface area contributed by atoms with Crippen molar-refractivity contribution in [2.45, 2.75) is 25.9 Å². The lowest BCUT2D eigenvalue weighted by Crippen LogP contribution is -2.15. The molecule has 2 aromatic carbocycles. The Labute approximate surface area is 190 Å². The lowest BCUT2D eigenvalue weighted by molar-refractivity contribution is -0.136. The van der Waals surface area contributed by atoms with E-state index >= 15 is 4.39 Å². The number of halogens is 4. The van der Waals surface area contributed by atoms with Gasteiger partial charge in [0, 0.05) is 17.5 Å². The molecule has 34 heavy (non-hydrogen) atoms. The number of aryl methyl sites for hydroxylation is 1. The third-order valence-electron chi connectivity index (χ3n) is 5.08. The predicted molar refractivity (Wildman–Crippen MR) is 117 cm³/mol. The number of pyridine rings is 1. The second-order valence-corrected chi connectivity index (χ2v) is 7.59. The first-order valence-electron chi connectivity index (χ1n) is 10.3. The summed E-state index contributed by atoms with van der Waals surface area (Å²) < 4.78 is 57.9. The van der Waals surface area contributed by atoms with E-state index in [1.54, 1.807) is 24.3 Å². The number of hydrogen-bond donors (Lipinski definition) is 2. The summed E-state index contributed by atoms with van der Waals surface area (Å²) in [5, 5.41) is 13.4. The van der Waals surface area contributed by atoms with Crippen LogP contribution in [0.1, 0.15) is 18.4 Å². The Morgan fingerprint density at radius 2 is 1.65 bits per heavy atom. The fourth-order valence-corrected chi connectivity index (χ4v) is 3.43. The van der Waals surface area contributed by atoms with E-state index < -0.39 is 24.0 Å². The van der Waals surface area contributed by atoms with Crippen LogP contribution < -0.4 is 10.3 Å². The van der Waals surface area contributed by atoms with Crippen LogP contribution in [0.3, 0.4) is 0 Å². The zero-order valence-corrected chi connectivity index (χ0v) is 17.9. The molecule has 0 aliphatic rings. The van der Waals surface area contributed by atoms with E-state index in [9.17, 15) is 18.0 Å². The van der Waals surface area contributed by atoms with Gasteiger partial charge in [-0.1, -0.05) is 29.8 Å². The van der Waals surface area contributed by atoms with Crippen molar-refractivity contribution >= 4 is 0 Å². The number of hydrogen-bond acceptors (Lipinski definition) is 5. The molecule has 2 heterocycles. The second kappa shape index (κ2) is 9.46. The normalized spacial score (nSPS) is 11.6. The molecule has 0 radical (unpaired) electrons. The lowest BCUT2D eigenvalue weighted by atomic mass is 9.96. The van der Waals surface area contributed by atoms with Crippen molar-refractivity contribution in [3.63, 3.8) is 0 Å². The largest absolute Gasteiger partial charge is 0.494 e. The van der Waals surface area contributed by atoms with Crippen LogP contribution in [0.15, 0.2) is 53.3 Å².